The SMILES string of the molecule is C=C[C@@H]1C[C@]1(NC(=O)[C@@H]1C[C@@H](Oc2ncc(OC)c3ccc(Cl)cc23)CN1C(=O)[C@@H](Nc1nc(-c2ccc(C)c(C)c2)cs1)C(C)(C)C)C(=O)NS(=O)(=O)C1CC1. The highest BCUT2D eigenvalue weighted by Gasteiger charge is 2.62. The number of pyridine rings is 1. The second kappa shape index (κ2) is 15.2. The number of benzene rings is 2. The Hall–Kier alpha value is -4.73. The van der Waals surface area contributed by atoms with Gasteiger partial charge in [0.1, 0.15) is 29.5 Å². The zero-order valence-electron chi connectivity index (χ0n) is 32.7. The number of anilines is 1. The van der Waals surface area contributed by atoms with E-state index in [9.17, 15) is 22.8 Å². The molecular weight excluding hydrogens is 788 g/mol. The van der Waals surface area contributed by atoms with Gasteiger partial charge in [0.25, 0.3) is 5.91 Å². The van der Waals surface area contributed by atoms with Crippen LogP contribution in [0, 0.1) is 25.2 Å². The minimum atomic E-state index is -3.90. The summed E-state index contributed by atoms with van der Waals surface area (Å²) in [6, 6.07) is 9.45. The molecule has 302 valence electrons. The Kier molecular flexibility index (Phi) is 10.8. The molecule has 0 unspecified atom stereocenters. The molecule has 0 bridgehead atoms. The lowest BCUT2D eigenvalue weighted by molar-refractivity contribution is -0.141. The van der Waals surface area contributed by atoms with E-state index in [1.807, 2.05) is 45.2 Å². The van der Waals surface area contributed by atoms with Crippen molar-refractivity contribution in [1.82, 2.24) is 24.9 Å². The van der Waals surface area contributed by atoms with Gasteiger partial charge in [-0.15, -0.1) is 17.9 Å². The average Bonchev–Trinajstić information content (AvgIpc) is 4.05. The molecule has 3 fully saturated rings. The van der Waals surface area contributed by atoms with Gasteiger partial charge in [-0.2, -0.15) is 0 Å². The summed E-state index contributed by atoms with van der Waals surface area (Å²) in [7, 11) is -2.36. The fraction of sp³-hybridized carbons (Fsp3) is 0.439. The Labute approximate surface area is 341 Å². The van der Waals surface area contributed by atoms with Gasteiger partial charge >= 0.3 is 0 Å². The zero-order valence-corrected chi connectivity index (χ0v) is 35.1. The molecule has 2 aromatic carbocycles. The summed E-state index contributed by atoms with van der Waals surface area (Å²) < 4.78 is 39.8. The fourth-order valence-corrected chi connectivity index (χ4v) is 9.57. The average molecular weight is 835 g/mol. The van der Waals surface area contributed by atoms with Gasteiger partial charge in [0.05, 0.1) is 30.8 Å². The number of halogens is 1. The van der Waals surface area contributed by atoms with Crippen LogP contribution in [0.4, 0.5) is 5.13 Å². The first kappa shape index (κ1) is 40.5. The minimum Gasteiger partial charge on any atom is -0.494 e. The molecule has 16 heteroatoms. The van der Waals surface area contributed by atoms with Crippen molar-refractivity contribution in [3.05, 3.63) is 76.8 Å². The molecule has 3 heterocycles. The van der Waals surface area contributed by atoms with Crippen LogP contribution < -0.4 is 24.8 Å². The maximum absolute atomic E-state index is 14.9. The van der Waals surface area contributed by atoms with Crippen LogP contribution in [0.2, 0.25) is 5.02 Å². The second-order valence-electron chi connectivity index (χ2n) is 16.3. The molecule has 2 saturated carbocycles. The third kappa shape index (κ3) is 8.19. The number of nitrogens with zero attached hydrogens (tertiary/aromatic N) is 3. The van der Waals surface area contributed by atoms with Crippen LogP contribution in [0.15, 0.2) is 60.6 Å². The topological polar surface area (TPSA) is 169 Å². The summed E-state index contributed by atoms with van der Waals surface area (Å²) in [5, 5.41) is 9.83. The Balaban J connectivity index is 1.19. The van der Waals surface area contributed by atoms with E-state index in [4.69, 9.17) is 26.1 Å². The molecule has 5 atom stereocenters. The molecule has 1 aliphatic heterocycles. The van der Waals surface area contributed by atoms with E-state index < -0.39 is 62.1 Å². The third-order valence-corrected chi connectivity index (χ3v) is 13.9. The lowest BCUT2D eigenvalue weighted by atomic mass is 9.85. The number of thiazole rings is 1. The van der Waals surface area contributed by atoms with Crippen LogP contribution in [0.3, 0.4) is 0 Å². The summed E-state index contributed by atoms with van der Waals surface area (Å²) in [5.74, 6) is -1.56. The third-order valence-electron chi connectivity index (χ3n) is 11.1. The highest BCUT2D eigenvalue weighted by molar-refractivity contribution is 7.91. The molecule has 0 spiro atoms. The first-order valence-electron chi connectivity index (χ1n) is 18.8. The number of hydrogen-bond donors (Lipinski definition) is 3. The molecule has 7 rings (SSSR count). The summed E-state index contributed by atoms with van der Waals surface area (Å²) >= 11 is 7.76. The highest BCUT2D eigenvalue weighted by atomic mass is 35.5. The predicted molar refractivity (Wildman–Crippen MR) is 221 cm³/mol. The number of sulfonamides is 1. The van der Waals surface area contributed by atoms with Crippen LogP contribution >= 0.6 is 22.9 Å². The quantitative estimate of drug-likeness (QED) is 0.132. The molecular formula is C41H47ClN6O7S2. The van der Waals surface area contributed by atoms with Gasteiger partial charge in [0.15, 0.2) is 5.13 Å². The van der Waals surface area contributed by atoms with Crippen molar-refractivity contribution in [1.29, 1.82) is 0 Å². The first-order valence-corrected chi connectivity index (χ1v) is 21.6. The number of fused-ring (bicyclic) bond motifs is 1. The lowest BCUT2D eigenvalue weighted by Crippen LogP contribution is -2.58. The van der Waals surface area contributed by atoms with Crippen LogP contribution in [0.1, 0.15) is 57.6 Å². The van der Waals surface area contributed by atoms with E-state index in [0.717, 1.165) is 16.8 Å². The van der Waals surface area contributed by atoms with Gasteiger partial charge < -0.3 is 25.0 Å². The van der Waals surface area contributed by atoms with Crippen LogP contribution in [-0.2, 0) is 24.4 Å². The van der Waals surface area contributed by atoms with Crippen molar-refractivity contribution in [3.8, 4) is 22.9 Å². The minimum absolute atomic E-state index is 0.00680. The summed E-state index contributed by atoms with van der Waals surface area (Å²) in [6.45, 7) is 13.7. The van der Waals surface area contributed by atoms with Gasteiger partial charge in [-0.05, 0) is 73.9 Å². The number of hydrogen-bond acceptors (Lipinski definition) is 11. The van der Waals surface area contributed by atoms with E-state index in [2.05, 4.69) is 39.9 Å². The van der Waals surface area contributed by atoms with E-state index in [1.54, 1.807) is 18.2 Å². The van der Waals surface area contributed by atoms with E-state index in [1.165, 1.54) is 41.2 Å². The largest absolute Gasteiger partial charge is 0.494 e. The van der Waals surface area contributed by atoms with Crippen LogP contribution in [-0.4, -0.2) is 83.6 Å². The lowest BCUT2D eigenvalue weighted by Gasteiger charge is -2.35. The van der Waals surface area contributed by atoms with Crippen LogP contribution in [0.25, 0.3) is 22.0 Å². The monoisotopic (exact) mass is 834 g/mol. The number of aromatic nitrogens is 2. The fourth-order valence-electron chi connectivity index (χ4n) is 7.28. The Bertz CT molecular complexity index is 2380. The smallest absolute Gasteiger partial charge is 0.259 e. The summed E-state index contributed by atoms with van der Waals surface area (Å²) in [5.41, 5.74) is 1.85. The number of nitrogens with one attached hydrogen (secondary N) is 3. The number of aryl methyl sites for hydroxylation is 2. The molecule has 2 aliphatic carbocycles. The number of methoxy groups -OCH3 is 1. The number of rotatable bonds is 13. The normalized spacial score (nSPS) is 22.4. The van der Waals surface area contributed by atoms with Gasteiger partial charge in [-0.1, -0.05) is 50.6 Å². The number of ether oxygens (including phenoxy) is 2. The molecule has 3 amide bonds. The molecule has 1 saturated heterocycles. The van der Waals surface area contributed by atoms with Crippen molar-refractivity contribution >= 4 is 66.6 Å². The molecule has 13 nitrogen and oxygen atoms in total. The summed E-state index contributed by atoms with van der Waals surface area (Å²) in [6.07, 6.45) is 3.50. The van der Waals surface area contributed by atoms with Crippen molar-refractivity contribution in [2.75, 3.05) is 19.0 Å². The molecule has 3 N–H and O–H groups in total. The predicted octanol–water partition coefficient (Wildman–Crippen LogP) is 6.18. The zero-order chi connectivity index (χ0) is 41.0. The van der Waals surface area contributed by atoms with Crippen molar-refractivity contribution in [2.45, 2.75) is 89.3 Å². The highest BCUT2D eigenvalue weighted by Crippen LogP contribution is 2.46. The number of carbonyl (C=O) groups is 3. The second-order valence-corrected chi connectivity index (χ2v) is 19.5. The molecule has 57 heavy (non-hydrogen) atoms. The standard InChI is InChI=1S/C41H47ClN6O7S2/c1-8-25-18-41(25,38(51)47-57(52,53)28-12-13-28)46-35(49)32-17-27(55-36-30-16-26(42)11-14-29(30)33(54-7)19-43-36)20-48(32)37(50)34(40(4,5)6)45-39-44-31(21-56-39)24-10-9-22(2)23(3)15-24/h8-11,14-16,19,21,25,27-28,32,34H,1,12-13,17-18,20H2,2-7H3,(H,44,45)(H,46,49)(H,47,51)/t25-,27-,32+,34-,41-/m1/s1. The van der Waals surface area contributed by atoms with Gasteiger partial charge in [0, 0.05) is 39.1 Å². The Morgan fingerprint density at radius 3 is 2.51 bits per heavy atom. The molecule has 4 aromatic rings. The Morgan fingerprint density at radius 1 is 1.11 bits per heavy atom. The maximum Gasteiger partial charge on any atom is 0.259 e. The number of carbonyl (C=O) groups excluding carboxylic acids is 3. The van der Waals surface area contributed by atoms with E-state index >= 15 is 0 Å². The van der Waals surface area contributed by atoms with Crippen molar-refractivity contribution in [3.63, 3.8) is 0 Å². The molecule has 3 aliphatic rings. The Morgan fingerprint density at radius 2 is 1.86 bits per heavy atom. The van der Waals surface area contributed by atoms with Gasteiger partial charge in [0.2, 0.25) is 27.7 Å². The van der Waals surface area contributed by atoms with E-state index in [0.29, 0.717) is 39.5 Å². The number of amides is 3. The molecule has 2 aromatic heterocycles. The van der Waals surface area contributed by atoms with Crippen molar-refractivity contribution < 1.29 is 32.3 Å². The maximum atomic E-state index is 14.9. The van der Waals surface area contributed by atoms with Gasteiger partial charge in [-0.3, -0.25) is 19.1 Å². The first-order chi connectivity index (χ1) is 26.9. The van der Waals surface area contributed by atoms with Gasteiger partial charge in [-0.25, -0.2) is 18.4 Å². The molecule has 0 radical (unpaired) electrons. The van der Waals surface area contributed by atoms with Crippen molar-refractivity contribution in [2.24, 2.45) is 11.3 Å². The van der Waals surface area contributed by atoms with E-state index in [-0.39, 0.29) is 31.2 Å². The van der Waals surface area contributed by atoms with Crippen LogP contribution in [0.5, 0.6) is 11.6 Å². The number of likely N-dealkylation sites (tertiary alicyclic amines) is 1. The summed E-state index contributed by atoms with van der Waals surface area (Å²) in [4.78, 5) is 53.8.